The van der Waals surface area contributed by atoms with Gasteiger partial charge in [-0.1, -0.05) is 27.7 Å². The highest BCUT2D eigenvalue weighted by molar-refractivity contribution is 4.99. The van der Waals surface area contributed by atoms with Gasteiger partial charge in [0, 0.05) is 18.4 Å². The zero-order valence-electron chi connectivity index (χ0n) is 10.5. The van der Waals surface area contributed by atoms with E-state index in [2.05, 4.69) is 43.0 Å². The van der Waals surface area contributed by atoms with E-state index in [0.29, 0.717) is 11.3 Å². The van der Waals surface area contributed by atoms with E-state index < -0.39 is 0 Å². The van der Waals surface area contributed by atoms with Crippen LogP contribution in [0.15, 0.2) is 6.20 Å². The van der Waals surface area contributed by atoms with Crippen LogP contribution in [0.5, 0.6) is 0 Å². The lowest BCUT2D eigenvalue weighted by Gasteiger charge is -2.27. The highest BCUT2D eigenvalue weighted by atomic mass is 15.0. The van der Waals surface area contributed by atoms with Crippen molar-refractivity contribution in [2.75, 3.05) is 6.54 Å². The predicted octanol–water partition coefficient (Wildman–Crippen LogP) is 2.49. The minimum Gasteiger partial charge on any atom is -0.345 e. The fraction of sp³-hybridized carbons (Fsp3) is 0.750. The van der Waals surface area contributed by atoms with E-state index in [1.165, 1.54) is 0 Å². The molecule has 86 valence electrons. The summed E-state index contributed by atoms with van der Waals surface area (Å²) in [5.41, 5.74) is 1.53. The smallest absolute Gasteiger partial charge is 0.103 e. The molecule has 1 aromatic rings. The standard InChI is InChI=1S/C12H23N3/c1-9(12(3,4)5)6-13-7-11-8-14-10(2)15-11/h8-9,13H,6-7H2,1-5H3,(H,14,15). The van der Waals surface area contributed by atoms with Gasteiger partial charge in [-0.2, -0.15) is 0 Å². The first kappa shape index (κ1) is 12.2. The van der Waals surface area contributed by atoms with E-state index in [4.69, 9.17) is 0 Å². The summed E-state index contributed by atoms with van der Waals surface area (Å²) in [4.78, 5) is 7.38. The van der Waals surface area contributed by atoms with Crippen LogP contribution >= 0.6 is 0 Å². The normalized spacial score (nSPS) is 14.2. The van der Waals surface area contributed by atoms with Crippen LogP contribution in [-0.4, -0.2) is 16.5 Å². The topological polar surface area (TPSA) is 40.7 Å². The molecule has 0 aliphatic rings. The molecule has 1 unspecified atom stereocenters. The molecule has 0 fully saturated rings. The summed E-state index contributed by atoms with van der Waals surface area (Å²) in [6, 6.07) is 0. The molecule has 3 heteroatoms. The quantitative estimate of drug-likeness (QED) is 0.800. The number of nitrogens with one attached hydrogen (secondary N) is 2. The zero-order chi connectivity index (χ0) is 11.5. The van der Waals surface area contributed by atoms with Gasteiger partial charge in [0.15, 0.2) is 0 Å². The monoisotopic (exact) mass is 209 g/mol. The van der Waals surface area contributed by atoms with Crippen molar-refractivity contribution in [1.29, 1.82) is 0 Å². The Labute approximate surface area is 92.7 Å². The highest BCUT2D eigenvalue weighted by Gasteiger charge is 2.19. The molecule has 1 heterocycles. The lowest BCUT2D eigenvalue weighted by Crippen LogP contribution is -2.29. The second kappa shape index (κ2) is 4.79. The van der Waals surface area contributed by atoms with Crippen LogP contribution in [-0.2, 0) is 6.54 Å². The molecule has 15 heavy (non-hydrogen) atoms. The summed E-state index contributed by atoms with van der Waals surface area (Å²) in [5, 5.41) is 3.45. The first-order valence-corrected chi connectivity index (χ1v) is 5.61. The molecule has 0 aliphatic heterocycles. The molecule has 3 nitrogen and oxygen atoms in total. The van der Waals surface area contributed by atoms with Crippen LogP contribution in [0.2, 0.25) is 0 Å². The number of aryl methyl sites for hydroxylation is 1. The van der Waals surface area contributed by atoms with Gasteiger partial charge in [-0.05, 0) is 24.8 Å². The Morgan fingerprint density at radius 1 is 1.47 bits per heavy atom. The number of rotatable bonds is 4. The lowest BCUT2D eigenvalue weighted by atomic mass is 9.82. The third-order valence-electron chi connectivity index (χ3n) is 3.00. The third-order valence-corrected chi connectivity index (χ3v) is 3.00. The predicted molar refractivity (Wildman–Crippen MR) is 63.7 cm³/mol. The molecule has 0 amide bonds. The molecule has 2 N–H and O–H groups in total. The van der Waals surface area contributed by atoms with Crippen molar-refractivity contribution < 1.29 is 0 Å². The Bertz CT molecular complexity index is 296. The van der Waals surface area contributed by atoms with Crippen molar-refractivity contribution in [2.24, 2.45) is 11.3 Å². The van der Waals surface area contributed by atoms with Gasteiger partial charge < -0.3 is 10.3 Å². The molecular formula is C12H23N3. The van der Waals surface area contributed by atoms with E-state index >= 15 is 0 Å². The first-order valence-electron chi connectivity index (χ1n) is 5.61. The molecule has 0 aliphatic carbocycles. The molecule has 0 spiro atoms. The number of nitrogens with zero attached hydrogens (tertiary/aromatic N) is 1. The Balaban J connectivity index is 2.28. The second-order valence-electron chi connectivity index (χ2n) is 5.39. The van der Waals surface area contributed by atoms with E-state index in [0.717, 1.165) is 24.6 Å². The summed E-state index contributed by atoms with van der Waals surface area (Å²) in [5.74, 6) is 1.65. The van der Waals surface area contributed by atoms with Gasteiger partial charge in [0.05, 0.1) is 0 Å². The van der Waals surface area contributed by atoms with Crippen LogP contribution in [0, 0.1) is 18.3 Å². The average Bonchev–Trinajstić information content (AvgIpc) is 2.49. The fourth-order valence-corrected chi connectivity index (χ4v) is 1.29. The minimum atomic E-state index is 0.372. The van der Waals surface area contributed by atoms with Crippen molar-refractivity contribution in [1.82, 2.24) is 15.3 Å². The van der Waals surface area contributed by atoms with E-state index in [9.17, 15) is 0 Å². The average molecular weight is 209 g/mol. The van der Waals surface area contributed by atoms with Crippen molar-refractivity contribution in [3.8, 4) is 0 Å². The molecule has 0 radical (unpaired) electrons. The Morgan fingerprint density at radius 3 is 2.60 bits per heavy atom. The Kier molecular flexibility index (Phi) is 3.91. The summed E-state index contributed by atoms with van der Waals surface area (Å²) >= 11 is 0. The fourth-order valence-electron chi connectivity index (χ4n) is 1.29. The molecule has 1 atom stereocenters. The third kappa shape index (κ3) is 4.04. The number of hydrogen-bond donors (Lipinski definition) is 2. The molecule has 0 aromatic carbocycles. The molecule has 0 saturated carbocycles. The van der Waals surface area contributed by atoms with Crippen LogP contribution < -0.4 is 5.32 Å². The van der Waals surface area contributed by atoms with Crippen molar-refractivity contribution >= 4 is 0 Å². The van der Waals surface area contributed by atoms with Gasteiger partial charge in [0.2, 0.25) is 0 Å². The van der Waals surface area contributed by atoms with Crippen LogP contribution in [0.1, 0.15) is 39.2 Å². The van der Waals surface area contributed by atoms with E-state index in [1.807, 2.05) is 13.1 Å². The Morgan fingerprint density at radius 2 is 2.13 bits per heavy atom. The van der Waals surface area contributed by atoms with Crippen LogP contribution in [0.4, 0.5) is 0 Å². The van der Waals surface area contributed by atoms with Gasteiger partial charge >= 0.3 is 0 Å². The number of imidazole rings is 1. The largest absolute Gasteiger partial charge is 0.345 e. The SMILES string of the molecule is Cc1ncc(CNCC(C)C(C)(C)C)[nH]1. The molecule has 1 rings (SSSR count). The maximum absolute atomic E-state index is 4.17. The second-order valence-corrected chi connectivity index (χ2v) is 5.39. The van der Waals surface area contributed by atoms with Crippen LogP contribution in [0.25, 0.3) is 0 Å². The highest BCUT2D eigenvalue weighted by Crippen LogP contribution is 2.24. The molecule has 0 saturated heterocycles. The summed E-state index contributed by atoms with van der Waals surface area (Å²) in [6.45, 7) is 13.0. The van der Waals surface area contributed by atoms with Crippen molar-refractivity contribution in [3.05, 3.63) is 17.7 Å². The van der Waals surface area contributed by atoms with Crippen molar-refractivity contribution in [2.45, 2.75) is 41.2 Å². The molecule has 1 aromatic heterocycles. The van der Waals surface area contributed by atoms with E-state index in [-0.39, 0.29) is 0 Å². The maximum Gasteiger partial charge on any atom is 0.103 e. The van der Waals surface area contributed by atoms with Gasteiger partial charge in [0.25, 0.3) is 0 Å². The van der Waals surface area contributed by atoms with Crippen LogP contribution in [0.3, 0.4) is 0 Å². The van der Waals surface area contributed by atoms with E-state index in [1.54, 1.807) is 0 Å². The molecule has 0 bridgehead atoms. The number of H-pyrrole nitrogens is 1. The van der Waals surface area contributed by atoms with Gasteiger partial charge in [0.1, 0.15) is 5.82 Å². The maximum atomic E-state index is 4.17. The first-order chi connectivity index (χ1) is 6.89. The molecular weight excluding hydrogens is 186 g/mol. The number of hydrogen-bond acceptors (Lipinski definition) is 2. The van der Waals surface area contributed by atoms with Gasteiger partial charge in [-0.25, -0.2) is 4.98 Å². The summed E-state index contributed by atoms with van der Waals surface area (Å²) < 4.78 is 0. The number of aromatic amines is 1. The summed E-state index contributed by atoms with van der Waals surface area (Å²) in [7, 11) is 0. The van der Waals surface area contributed by atoms with Gasteiger partial charge in [-0.3, -0.25) is 0 Å². The Hall–Kier alpha value is -0.830. The van der Waals surface area contributed by atoms with Gasteiger partial charge in [-0.15, -0.1) is 0 Å². The lowest BCUT2D eigenvalue weighted by molar-refractivity contribution is 0.252. The number of aromatic nitrogens is 2. The van der Waals surface area contributed by atoms with Crippen molar-refractivity contribution in [3.63, 3.8) is 0 Å². The minimum absolute atomic E-state index is 0.372. The zero-order valence-corrected chi connectivity index (χ0v) is 10.5. The summed E-state index contributed by atoms with van der Waals surface area (Å²) in [6.07, 6.45) is 1.89.